The zero-order valence-corrected chi connectivity index (χ0v) is 44.1. The van der Waals surface area contributed by atoms with E-state index in [1.165, 1.54) is 66.7 Å². The molecule has 426 valence electrons. The molecular weight excluding hydrogens is 1160 g/mol. The number of nitrogens with zero attached hydrogens (tertiary/aromatic N) is 3. The molecule has 32 heteroatoms. The Hall–Kier alpha value is -8.16. The predicted molar refractivity (Wildman–Crippen MR) is 277 cm³/mol. The fourth-order valence-corrected chi connectivity index (χ4v) is 8.81. The Kier molecular flexibility index (Phi) is 22.0. The second kappa shape index (κ2) is 28.1. The molecule has 0 saturated carbocycles. The molecule has 0 saturated heterocycles. The van der Waals surface area contributed by atoms with Crippen LogP contribution in [0.1, 0.15) is 68.7 Å². The molecule has 6 rings (SSSR count). The minimum atomic E-state index is -4.59. The number of rotatable bonds is 23. The van der Waals surface area contributed by atoms with Crippen molar-refractivity contribution in [1.82, 2.24) is 41.1 Å². The fraction of sp³-hybridized carbons (Fsp3) is 0.208. The number of carbonyl (C=O) groups is 4. The van der Waals surface area contributed by atoms with Crippen molar-refractivity contribution >= 4 is 84.2 Å². The Morgan fingerprint density at radius 1 is 0.600 bits per heavy atom. The SMILES string of the molecule is O=C(CCCNc1ncc(C(F)(F)F)cc1Cl)NNS(=O)(=O)c1cccc(CNC(=O)c2cccc([N+](=O)[O-])c2)c1.O=C(CCCNc1ncc(C(F)(F)F)cc1Cl)NNS(=O)(=O)c1cccc(CNC(=O)c2ccccc2O)c1. The highest BCUT2D eigenvalue weighted by Crippen LogP contribution is 2.33. The summed E-state index contributed by atoms with van der Waals surface area (Å²) in [6.07, 6.45) is -7.81. The monoisotopic (exact) mass is 1200 g/mol. The molecule has 0 atom stereocenters. The van der Waals surface area contributed by atoms with Gasteiger partial charge in [-0.15, -0.1) is 9.66 Å². The molecule has 0 unspecified atom stereocenters. The number of anilines is 2. The van der Waals surface area contributed by atoms with Crippen LogP contribution < -0.4 is 41.8 Å². The summed E-state index contributed by atoms with van der Waals surface area (Å²) in [7, 11) is -8.32. The Bertz CT molecular complexity index is 3460. The second-order valence-corrected chi connectivity index (χ2v) is 20.6. The fourth-order valence-electron chi connectivity index (χ4n) is 6.48. The molecule has 2 aromatic heterocycles. The van der Waals surface area contributed by atoms with Gasteiger partial charge < -0.3 is 26.4 Å². The number of sulfonamides is 2. The largest absolute Gasteiger partial charge is 0.507 e. The van der Waals surface area contributed by atoms with E-state index < -0.39 is 72.1 Å². The number of hydrogen-bond acceptors (Lipinski definition) is 15. The van der Waals surface area contributed by atoms with Crippen molar-refractivity contribution in [3.8, 4) is 5.75 Å². The average molecular weight is 1200 g/mol. The van der Waals surface area contributed by atoms with Crippen LogP contribution in [0.2, 0.25) is 10.0 Å². The van der Waals surface area contributed by atoms with E-state index in [-0.39, 0.29) is 106 Å². The molecule has 0 aliphatic heterocycles. The Morgan fingerprint density at radius 3 is 1.49 bits per heavy atom. The predicted octanol–water partition coefficient (Wildman–Crippen LogP) is 7.39. The minimum absolute atomic E-state index is 0.00179. The zero-order chi connectivity index (χ0) is 58.8. The molecule has 0 aliphatic carbocycles. The molecule has 0 fully saturated rings. The van der Waals surface area contributed by atoms with Gasteiger partial charge in [-0.1, -0.05) is 65.7 Å². The smallest absolute Gasteiger partial charge is 0.417 e. The van der Waals surface area contributed by atoms with Gasteiger partial charge in [-0.3, -0.25) is 40.1 Å². The van der Waals surface area contributed by atoms with Gasteiger partial charge in [0.1, 0.15) is 17.4 Å². The van der Waals surface area contributed by atoms with Crippen LogP contribution in [0.4, 0.5) is 43.7 Å². The van der Waals surface area contributed by atoms with Crippen molar-refractivity contribution in [2.75, 3.05) is 23.7 Å². The molecule has 4 aromatic carbocycles. The van der Waals surface area contributed by atoms with Crippen LogP contribution in [0.15, 0.2) is 131 Å². The van der Waals surface area contributed by atoms with E-state index in [1.54, 1.807) is 24.3 Å². The third-order valence-electron chi connectivity index (χ3n) is 10.5. The van der Waals surface area contributed by atoms with Crippen molar-refractivity contribution < 1.29 is 72.4 Å². The van der Waals surface area contributed by atoms with E-state index in [0.29, 0.717) is 23.5 Å². The van der Waals surface area contributed by atoms with E-state index in [0.717, 1.165) is 18.2 Å². The summed E-state index contributed by atoms with van der Waals surface area (Å²) < 4.78 is 126. The van der Waals surface area contributed by atoms with Gasteiger partial charge in [0.25, 0.3) is 37.5 Å². The number of phenols is 1. The summed E-state index contributed by atoms with van der Waals surface area (Å²) in [5, 5.41) is 30.7. The maximum atomic E-state index is 12.7. The number of nitrogens with one attached hydrogen (secondary N) is 8. The number of para-hydroxylation sites is 1. The number of hydrogen-bond donors (Lipinski definition) is 9. The number of phenolic OH excluding ortho intramolecular Hbond substituents is 1. The van der Waals surface area contributed by atoms with Gasteiger partial charge in [-0.25, -0.2) is 26.8 Å². The van der Waals surface area contributed by atoms with Crippen LogP contribution in [-0.4, -0.2) is 73.6 Å². The summed E-state index contributed by atoms with van der Waals surface area (Å²) >= 11 is 11.6. The quantitative estimate of drug-likeness (QED) is 0.0131. The van der Waals surface area contributed by atoms with E-state index >= 15 is 0 Å². The van der Waals surface area contributed by atoms with Crippen LogP contribution in [0.25, 0.3) is 0 Å². The van der Waals surface area contributed by atoms with Gasteiger partial charge in [-0.2, -0.15) is 26.3 Å². The molecule has 0 aliphatic rings. The van der Waals surface area contributed by atoms with Gasteiger partial charge in [0, 0.05) is 69.1 Å². The molecule has 22 nitrogen and oxygen atoms in total. The van der Waals surface area contributed by atoms with E-state index in [4.69, 9.17) is 23.2 Å². The Balaban J connectivity index is 0.000000294. The number of amides is 4. The van der Waals surface area contributed by atoms with Crippen LogP contribution in [0, 0.1) is 10.1 Å². The normalized spacial score (nSPS) is 11.6. The van der Waals surface area contributed by atoms with E-state index in [1.807, 2.05) is 9.66 Å². The Labute approximate surface area is 461 Å². The number of non-ortho nitro benzene ring substituents is 1. The number of halogens is 8. The van der Waals surface area contributed by atoms with Crippen molar-refractivity contribution in [1.29, 1.82) is 0 Å². The van der Waals surface area contributed by atoms with Crippen molar-refractivity contribution in [3.05, 3.63) is 175 Å². The standard InChI is InChI=1S/C24H22ClF3N6O6S.C24H23ClF3N5O5S/c25-20-12-17(24(26,27)28)14-30-22(20)29-9-3-8-21(35)32-33-41(39,40)19-7-1-4-15(10-19)13-31-23(36)16-5-2-6-18(11-16)34(37)38;25-19-12-16(24(26,27)28)14-30-22(19)29-10-4-9-21(35)32-33-39(37,38)17-6-3-5-15(11-17)13-31-23(36)18-7-1-2-8-20(18)34/h1-2,4-7,10-12,14,33H,3,8-9,13H2,(H,29,30)(H,31,36)(H,32,35);1-3,5-8,11-12,14,33-34H,4,9-10,13H2,(H,29,30)(H,31,36)(H,32,35). The maximum Gasteiger partial charge on any atom is 0.417 e. The molecule has 0 bridgehead atoms. The van der Waals surface area contributed by atoms with Gasteiger partial charge in [-0.05, 0) is 78.6 Å². The first-order valence-corrected chi connectivity index (χ1v) is 26.7. The zero-order valence-electron chi connectivity index (χ0n) is 40.9. The highest BCUT2D eigenvalue weighted by Gasteiger charge is 2.32. The number of aromatic hydroxyl groups is 1. The van der Waals surface area contributed by atoms with Gasteiger partial charge in [0.15, 0.2) is 0 Å². The van der Waals surface area contributed by atoms with Crippen LogP contribution in [-0.2, 0) is 55.1 Å². The first-order valence-electron chi connectivity index (χ1n) is 22.9. The molecule has 0 spiro atoms. The summed E-state index contributed by atoms with van der Waals surface area (Å²) in [5.41, 5.74) is 2.88. The van der Waals surface area contributed by atoms with Crippen molar-refractivity contribution in [2.45, 2.75) is 60.9 Å². The molecule has 0 radical (unpaired) electrons. The number of hydrazine groups is 2. The lowest BCUT2D eigenvalue weighted by molar-refractivity contribution is -0.384. The van der Waals surface area contributed by atoms with Crippen molar-refractivity contribution in [2.24, 2.45) is 0 Å². The summed E-state index contributed by atoms with van der Waals surface area (Å²) in [6.45, 7) is 0.144. The number of carbonyl (C=O) groups excluding carboxylic acids is 4. The highest BCUT2D eigenvalue weighted by atomic mass is 35.5. The number of alkyl halides is 6. The van der Waals surface area contributed by atoms with Gasteiger partial charge in [0.2, 0.25) is 11.8 Å². The third-order valence-corrected chi connectivity index (χ3v) is 13.6. The van der Waals surface area contributed by atoms with Gasteiger partial charge in [0.05, 0.1) is 41.4 Å². The Morgan fingerprint density at radius 2 is 1.05 bits per heavy atom. The number of nitro benzene ring substituents is 1. The number of aromatic nitrogens is 2. The second-order valence-electron chi connectivity index (χ2n) is 16.5. The number of nitro groups is 1. The summed E-state index contributed by atoms with van der Waals surface area (Å²) in [6, 6.07) is 23.7. The minimum Gasteiger partial charge on any atom is -0.507 e. The van der Waals surface area contributed by atoms with E-state index in [2.05, 4.69) is 42.1 Å². The first-order chi connectivity index (χ1) is 37.6. The molecule has 6 aromatic rings. The highest BCUT2D eigenvalue weighted by molar-refractivity contribution is 7.89. The van der Waals surface area contributed by atoms with Gasteiger partial charge >= 0.3 is 12.4 Å². The number of benzene rings is 4. The molecule has 2 heterocycles. The number of pyridine rings is 2. The third kappa shape index (κ3) is 19.3. The van der Waals surface area contributed by atoms with Crippen LogP contribution in [0.3, 0.4) is 0 Å². The lowest BCUT2D eigenvalue weighted by atomic mass is 10.1. The van der Waals surface area contributed by atoms with Crippen molar-refractivity contribution in [3.63, 3.8) is 0 Å². The molecular formula is C48H45Cl2F6N11O11S2. The topological polar surface area (TPSA) is 322 Å². The van der Waals surface area contributed by atoms with E-state index in [9.17, 15) is 77.6 Å². The van der Waals surface area contributed by atoms with Crippen LogP contribution in [0.5, 0.6) is 5.75 Å². The average Bonchev–Trinajstić information content (AvgIpc) is 3.42. The lowest BCUT2D eigenvalue weighted by Gasteiger charge is -2.12. The first kappa shape index (κ1) is 62.7. The molecule has 80 heavy (non-hydrogen) atoms. The lowest BCUT2D eigenvalue weighted by Crippen LogP contribution is -2.41. The molecule has 4 amide bonds. The summed E-state index contributed by atoms with van der Waals surface area (Å²) in [4.78, 5) is 69.8. The van der Waals surface area contributed by atoms with Crippen LogP contribution >= 0.6 is 23.2 Å². The maximum absolute atomic E-state index is 12.7. The molecule has 9 N–H and O–H groups in total. The summed E-state index contributed by atoms with van der Waals surface area (Å²) in [5.74, 6) is -2.65.